The molecule has 6 nitrogen and oxygen atoms in total. The van der Waals surface area contributed by atoms with Crippen LogP contribution >= 0.6 is 24.4 Å². The number of hydrogen-bond donors (Lipinski definition) is 4. The van der Waals surface area contributed by atoms with Gasteiger partial charge in [0.25, 0.3) is 0 Å². The molecule has 1 saturated heterocycles. The van der Waals surface area contributed by atoms with E-state index in [0.717, 1.165) is 45.1 Å². The largest absolute Gasteiger partial charge is 0.379 e. The number of nitrogens with one attached hydrogen (secondary N) is 4. The minimum atomic E-state index is 0.467. The summed E-state index contributed by atoms with van der Waals surface area (Å²) < 4.78 is 5.33. The van der Waals surface area contributed by atoms with Crippen LogP contribution in [0.3, 0.4) is 0 Å². The van der Waals surface area contributed by atoms with Gasteiger partial charge in [0.15, 0.2) is 10.2 Å². The second-order valence-electron chi connectivity index (χ2n) is 6.19. The fourth-order valence-corrected chi connectivity index (χ4v) is 2.75. The highest BCUT2D eigenvalue weighted by atomic mass is 32.1. The Bertz CT molecular complexity index is 559. The van der Waals surface area contributed by atoms with Gasteiger partial charge in [-0.1, -0.05) is 26.0 Å². The standard InChI is InChI=1S/C17H27N5OS2/c1-13(2)14-3-5-15(6-4-14)19-17(25)21-20-16(24)18-7-8-22-9-11-23-12-10-22/h3-6,13H,7-12H2,1-2H3,(H2,18,20,24)(H2,19,21,25). The minimum Gasteiger partial charge on any atom is -0.379 e. The number of morpholine rings is 1. The first-order chi connectivity index (χ1) is 12.0. The van der Waals surface area contributed by atoms with Gasteiger partial charge in [0.05, 0.1) is 13.2 Å². The van der Waals surface area contributed by atoms with E-state index in [4.69, 9.17) is 29.2 Å². The maximum atomic E-state index is 5.33. The van der Waals surface area contributed by atoms with Gasteiger partial charge in [-0.3, -0.25) is 15.8 Å². The Morgan fingerprint density at radius 3 is 2.36 bits per heavy atom. The molecule has 1 aromatic rings. The molecule has 2 rings (SSSR count). The lowest BCUT2D eigenvalue weighted by Gasteiger charge is -2.26. The Morgan fingerprint density at radius 2 is 1.72 bits per heavy atom. The van der Waals surface area contributed by atoms with Gasteiger partial charge < -0.3 is 15.4 Å². The van der Waals surface area contributed by atoms with Crippen molar-refractivity contribution < 1.29 is 4.74 Å². The summed E-state index contributed by atoms with van der Waals surface area (Å²) in [5, 5.41) is 7.26. The fraction of sp³-hybridized carbons (Fsp3) is 0.529. The van der Waals surface area contributed by atoms with Crippen LogP contribution in [-0.2, 0) is 4.74 Å². The Balaban J connectivity index is 1.61. The SMILES string of the molecule is CC(C)c1ccc(NC(=S)NNC(=S)NCCN2CCOCC2)cc1. The maximum absolute atomic E-state index is 5.33. The number of nitrogens with zero attached hydrogens (tertiary/aromatic N) is 1. The van der Waals surface area contributed by atoms with Crippen molar-refractivity contribution in [2.24, 2.45) is 0 Å². The monoisotopic (exact) mass is 381 g/mol. The second-order valence-corrected chi connectivity index (χ2v) is 7.01. The molecule has 1 fully saturated rings. The number of benzene rings is 1. The van der Waals surface area contributed by atoms with Gasteiger partial charge in [-0.05, 0) is 48.0 Å². The highest BCUT2D eigenvalue weighted by Crippen LogP contribution is 2.16. The van der Waals surface area contributed by atoms with Gasteiger partial charge in [0.1, 0.15) is 0 Å². The van der Waals surface area contributed by atoms with E-state index in [1.165, 1.54) is 5.56 Å². The van der Waals surface area contributed by atoms with E-state index in [-0.39, 0.29) is 0 Å². The average molecular weight is 382 g/mol. The molecule has 25 heavy (non-hydrogen) atoms. The molecule has 0 atom stereocenters. The molecule has 0 aliphatic carbocycles. The lowest BCUT2D eigenvalue weighted by Crippen LogP contribution is -2.50. The molecule has 0 aromatic heterocycles. The number of rotatable bonds is 5. The highest BCUT2D eigenvalue weighted by molar-refractivity contribution is 7.80. The molecule has 0 saturated carbocycles. The van der Waals surface area contributed by atoms with Crippen LogP contribution in [0.2, 0.25) is 0 Å². The van der Waals surface area contributed by atoms with E-state index in [1.54, 1.807) is 0 Å². The molecule has 0 bridgehead atoms. The quantitative estimate of drug-likeness (QED) is 0.455. The lowest BCUT2D eigenvalue weighted by atomic mass is 10.0. The van der Waals surface area contributed by atoms with Gasteiger partial charge in [-0.2, -0.15) is 0 Å². The zero-order valence-corrected chi connectivity index (χ0v) is 16.4. The van der Waals surface area contributed by atoms with Crippen LogP contribution in [0.15, 0.2) is 24.3 Å². The van der Waals surface area contributed by atoms with Crippen molar-refractivity contribution in [3.05, 3.63) is 29.8 Å². The molecule has 138 valence electrons. The van der Waals surface area contributed by atoms with E-state index < -0.39 is 0 Å². The third-order valence-corrected chi connectivity index (χ3v) is 4.39. The average Bonchev–Trinajstić information content (AvgIpc) is 2.61. The van der Waals surface area contributed by atoms with Crippen LogP contribution in [0.5, 0.6) is 0 Å². The summed E-state index contributed by atoms with van der Waals surface area (Å²) in [5.41, 5.74) is 8.02. The number of thiocarbonyl (C=S) groups is 2. The van der Waals surface area contributed by atoms with Crippen LogP contribution in [-0.4, -0.2) is 54.5 Å². The zero-order chi connectivity index (χ0) is 18.1. The first-order valence-corrected chi connectivity index (χ1v) is 9.37. The zero-order valence-electron chi connectivity index (χ0n) is 14.8. The molecular formula is C17H27N5OS2. The van der Waals surface area contributed by atoms with Crippen molar-refractivity contribution in [1.82, 2.24) is 21.1 Å². The molecule has 1 aliphatic heterocycles. The fourth-order valence-electron chi connectivity index (χ4n) is 2.42. The van der Waals surface area contributed by atoms with Gasteiger partial charge in [-0.15, -0.1) is 0 Å². The molecule has 1 aromatic carbocycles. The summed E-state index contributed by atoms with van der Waals surface area (Å²) in [6.07, 6.45) is 0. The maximum Gasteiger partial charge on any atom is 0.189 e. The lowest BCUT2D eigenvalue weighted by molar-refractivity contribution is 0.0389. The predicted molar refractivity (Wildman–Crippen MR) is 111 cm³/mol. The predicted octanol–water partition coefficient (Wildman–Crippen LogP) is 1.81. The molecule has 4 N–H and O–H groups in total. The Kier molecular flexibility index (Phi) is 8.33. The molecule has 8 heteroatoms. The van der Waals surface area contributed by atoms with E-state index in [2.05, 4.69) is 52.4 Å². The molecule has 0 amide bonds. The van der Waals surface area contributed by atoms with E-state index in [9.17, 15) is 0 Å². The van der Waals surface area contributed by atoms with Crippen molar-refractivity contribution in [2.45, 2.75) is 19.8 Å². The summed E-state index contributed by atoms with van der Waals surface area (Å²) in [6, 6.07) is 8.23. The van der Waals surface area contributed by atoms with Crippen LogP contribution < -0.4 is 21.5 Å². The third kappa shape index (κ3) is 7.52. The Labute approximate surface area is 160 Å². The van der Waals surface area contributed by atoms with Gasteiger partial charge in [0, 0.05) is 31.9 Å². The van der Waals surface area contributed by atoms with Crippen LogP contribution in [0.4, 0.5) is 5.69 Å². The summed E-state index contributed by atoms with van der Waals surface area (Å²) in [4.78, 5) is 2.35. The molecule has 1 heterocycles. The molecule has 0 radical (unpaired) electrons. The number of hydrogen-bond acceptors (Lipinski definition) is 4. The number of anilines is 1. The summed E-state index contributed by atoms with van der Waals surface area (Å²) in [7, 11) is 0. The van der Waals surface area contributed by atoms with Crippen LogP contribution in [0.25, 0.3) is 0 Å². The molecule has 0 unspecified atom stereocenters. The number of hydrazine groups is 1. The van der Waals surface area contributed by atoms with Gasteiger partial charge in [0.2, 0.25) is 0 Å². The smallest absolute Gasteiger partial charge is 0.189 e. The minimum absolute atomic E-state index is 0.467. The topological polar surface area (TPSA) is 60.6 Å². The second kappa shape index (κ2) is 10.5. The van der Waals surface area contributed by atoms with E-state index >= 15 is 0 Å². The van der Waals surface area contributed by atoms with Crippen molar-refractivity contribution >= 4 is 40.3 Å². The van der Waals surface area contributed by atoms with Crippen molar-refractivity contribution in [2.75, 3.05) is 44.7 Å². The van der Waals surface area contributed by atoms with Crippen LogP contribution in [0, 0.1) is 0 Å². The molecular weight excluding hydrogens is 354 g/mol. The third-order valence-electron chi connectivity index (χ3n) is 3.94. The van der Waals surface area contributed by atoms with Crippen molar-refractivity contribution in [1.29, 1.82) is 0 Å². The summed E-state index contributed by atoms with van der Waals surface area (Å²) in [6.45, 7) is 9.63. The first kappa shape index (κ1) is 19.8. The van der Waals surface area contributed by atoms with Gasteiger partial charge in [-0.25, -0.2) is 0 Å². The summed E-state index contributed by atoms with van der Waals surface area (Å²) >= 11 is 10.5. The Morgan fingerprint density at radius 1 is 1.08 bits per heavy atom. The molecule has 1 aliphatic rings. The van der Waals surface area contributed by atoms with Gasteiger partial charge >= 0.3 is 0 Å². The van der Waals surface area contributed by atoms with E-state index in [0.29, 0.717) is 16.1 Å². The first-order valence-electron chi connectivity index (χ1n) is 8.55. The van der Waals surface area contributed by atoms with Crippen molar-refractivity contribution in [3.63, 3.8) is 0 Å². The van der Waals surface area contributed by atoms with Crippen LogP contribution in [0.1, 0.15) is 25.3 Å². The highest BCUT2D eigenvalue weighted by Gasteiger charge is 2.09. The normalized spacial score (nSPS) is 14.8. The number of ether oxygens (including phenoxy) is 1. The molecule has 0 spiro atoms. The van der Waals surface area contributed by atoms with E-state index in [1.807, 2.05) is 12.1 Å². The van der Waals surface area contributed by atoms with Crippen molar-refractivity contribution in [3.8, 4) is 0 Å². The summed E-state index contributed by atoms with van der Waals surface area (Å²) in [5.74, 6) is 0.515. The Hall–Kier alpha value is -1.48.